The molecule has 0 fully saturated rings. The van der Waals surface area contributed by atoms with E-state index < -0.39 is 0 Å². The molecule has 0 amide bonds. The summed E-state index contributed by atoms with van der Waals surface area (Å²) in [5, 5.41) is 7.83. The van der Waals surface area contributed by atoms with Gasteiger partial charge in [-0.25, -0.2) is 4.99 Å². The first-order chi connectivity index (χ1) is 13.2. The fourth-order valence-corrected chi connectivity index (χ4v) is 2.96. The summed E-state index contributed by atoms with van der Waals surface area (Å²) in [6.07, 6.45) is 6.03. The Kier molecular flexibility index (Phi) is 6.30. The number of aryl methyl sites for hydroxylation is 1. The highest BCUT2D eigenvalue weighted by atomic mass is 15.3. The Hall–Kier alpha value is -3.02. The Morgan fingerprint density at radius 1 is 1.15 bits per heavy atom. The Balaban J connectivity index is 1.63. The van der Waals surface area contributed by atoms with E-state index in [1.54, 1.807) is 0 Å². The summed E-state index contributed by atoms with van der Waals surface area (Å²) in [4.78, 5) is 6.93. The van der Waals surface area contributed by atoms with Crippen LogP contribution < -0.4 is 5.32 Å². The fraction of sp³-hybridized carbons (Fsp3) is 0.333. The van der Waals surface area contributed by atoms with Crippen molar-refractivity contribution in [2.24, 2.45) is 12.0 Å². The highest BCUT2D eigenvalue weighted by Gasteiger charge is 2.08. The number of nitrogens with zero attached hydrogens (tertiary/aromatic N) is 5. The second-order valence-electron chi connectivity index (χ2n) is 6.67. The average Bonchev–Trinajstić information content (AvgIpc) is 3.28. The predicted octanol–water partition coefficient (Wildman–Crippen LogP) is 2.87. The van der Waals surface area contributed by atoms with Gasteiger partial charge in [-0.1, -0.05) is 30.3 Å². The summed E-state index contributed by atoms with van der Waals surface area (Å²) < 4.78 is 4.09. The summed E-state index contributed by atoms with van der Waals surface area (Å²) in [6, 6.07) is 14.6. The number of hydrogen-bond donors (Lipinski definition) is 1. The first-order valence-corrected chi connectivity index (χ1v) is 9.30. The summed E-state index contributed by atoms with van der Waals surface area (Å²) in [5.41, 5.74) is 3.60. The smallest absolute Gasteiger partial charge is 0.194 e. The normalized spacial score (nSPS) is 11.6. The van der Waals surface area contributed by atoms with Crippen LogP contribution in [0.4, 0.5) is 0 Å². The number of aromatic nitrogens is 3. The van der Waals surface area contributed by atoms with Gasteiger partial charge in [0.05, 0.1) is 25.8 Å². The van der Waals surface area contributed by atoms with Crippen LogP contribution in [0, 0.1) is 0 Å². The van der Waals surface area contributed by atoms with Crippen molar-refractivity contribution in [3.8, 4) is 0 Å². The van der Waals surface area contributed by atoms with Gasteiger partial charge < -0.3 is 14.8 Å². The lowest BCUT2D eigenvalue weighted by Crippen LogP contribution is -2.38. The van der Waals surface area contributed by atoms with Gasteiger partial charge in [-0.3, -0.25) is 4.68 Å². The van der Waals surface area contributed by atoms with Crippen molar-refractivity contribution in [2.75, 3.05) is 13.6 Å². The van der Waals surface area contributed by atoms with E-state index in [2.05, 4.69) is 89.7 Å². The number of nitrogens with one attached hydrogen (secondary N) is 1. The highest BCUT2D eigenvalue weighted by molar-refractivity contribution is 5.79. The zero-order valence-electron chi connectivity index (χ0n) is 16.3. The van der Waals surface area contributed by atoms with Crippen LogP contribution in [0.3, 0.4) is 0 Å². The van der Waals surface area contributed by atoms with Gasteiger partial charge in [-0.05, 0) is 24.6 Å². The number of guanidine groups is 1. The molecule has 0 radical (unpaired) electrons. The van der Waals surface area contributed by atoms with Crippen LogP contribution in [0.2, 0.25) is 0 Å². The quantitative estimate of drug-likeness (QED) is 0.518. The van der Waals surface area contributed by atoms with Crippen molar-refractivity contribution >= 4 is 5.96 Å². The van der Waals surface area contributed by atoms with E-state index >= 15 is 0 Å². The minimum atomic E-state index is 0.606. The molecule has 0 saturated carbocycles. The fourth-order valence-electron chi connectivity index (χ4n) is 2.96. The molecule has 0 bridgehead atoms. The molecule has 0 aliphatic rings. The number of rotatable bonds is 7. The first-order valence-electron chi connectivity index (χ1n) is 9.30. The van der Waals surface area contributed by atoms with Crippen LogP contribution in [0.15, 0.2) is 66.0 Å². The minimum Gasteiger partial charge on any atom is -0.357 e. The van der Waals surface area contributed by atoms with Crippen LogP contribution in [-0.4, -0.2) is 38.8 Å². The molecule has 0 saturated heterocycles. The molecule has 0 unspecified atom stereocenters. The predicted molar refractivity (Wildman–Crippen MR) is 109 cm³/mol. The molecular formula is C21H28N6. The summed E-state index contributed by atoms with van der Waals surface area (Å²) in [7, 11) is 4.13. The molecule has 3 aromatic rings. The van der Waals surface area contributed by atoms with Crippen LogP contribution in [-0.2, 0) is 26.7 Å². The Morgan fingerprint density at radius 2 is 1.96 bits per heavy atom. The maximum atomic E-state index is 4.78. The molecule has 142 valence electrons. The molecule has 27 heavy (non-hydrogen) atoms. The van der Waals surface area contributed by atoms with Gasteiger partial charge in [-0.2, -0.15) is 5.10 Å². The van der Waals surface area contributed by atoms with Gasteiger partial charge >= 0.3 is 0 Å². The number of hydrogen-bond acceptors (Lipinski definition) is 2. The van der Waals surface area contributed by atoms with Crippen LogP contribution >= 0.6 is 0 Å². The Labute approximate surface area is 161 Å². The van der Waals surface area contributed by atoms with Crippen molar-refractivity contribution in [1.29, 1.82) is 0 Å². The van der Waals surface area contributed by atoms with Gasteiger partial charge in [-0.15, -0.1) is 0 Å². The topological polar surface area (TPSA) is 50.4 Å². The molecule has 0 aliphatic carbocycles. The van der Waals surface area contributed by atoms with Gasteiger partial charge in [0.15, 0.2) is 5.96 Å². The number of benzene rings is 1. The van der Waals surface area contributed by atoms with E-state index in [-0.39, 0.29) is 0 Å². The van der Waals surface area contributed by atoms with Crippen molar-refractivity contribution in [2.45, 2.75) is 26.6 Å². The van der Waals surface area contributed by atoms with Gasteiger partial charge in [0, 0.05) is 44.3 Å². The third-order valence-corrected chi connectivity index (χ3v) is 4.43. The maximum Gasteiger partial charge on any atom is 0.194 e. The maximum absolute atomic E-state index is 4.78. The summed E-state index contributed by atoms with van der Waals surface area (Å²) >= 11 is 0. The Bertz CT molecular complexity index is 862. The molecule has 6 nitrogen and oxygen atoms in total. The van der Waals surface area contributed by atoms with E-state index in [4.69, 9.17) is 4.99 Å². The van der Waals surface area contributed by atoms with E-state index in [1.165, 1.54) is 11.3 Å². The monoisotopic (exact) mass is 364 g/mol. The SMILES string of the molecule is CCNC(=NCc1cnn(Cc2ccccc2)c1)N(C)Cc1cccn1C. The van der Waals surface area contributed by atoms with Crippen LogP contribution in [0.5, 0.6) is 0 Å². The standard InChI is InChI=1S/C21H28N6/c1-4-22-21(26(3)17-20-11-8-12-25(20)2)23-13-19-14-24-27(16-19)15-18-9-6-5-7-10-18/h5-12,14,16H,4,13,15,17H2,1-3H3,(H,22,23). The molecule has 0 spiro atoms. The molecule has 0 aliphatic heterocycles. The molecule has 2 heterocycles. The molecule has 6 heteroatoms. The van der Waals surface area contributed by atoms with E-state index in [9.17, 15) is 0 Å². The molecule has 1 aromatic carbocycles. The van der Waals surface area contributed by atoms with Gasteiger partial charge in [0.2, 0.25) is 0 Å². The molecule has 2 aromatic heterocycles. The lowest BCUT2D eigenvalue weighted by atomic mass is 10.2. The molecule has 3 rings (SSSR count). The Morgan fingerprint density at radius 3 is 2.67 bits per heavy atom. The lowest BCUT2D eigenvalue weighted by Gasteiger charge is -2.22. The highest BCUT2D eigenvalue weighted by Crippen LogP contribution is 2.07. The third-order valence-electron chi connectivity index (χ3n) is 4.43. The van der Waals surface area contributed by atoms with Crippen LogP contribution in [0.1, 0.15) is 23.7 Å². The van der Waals surface area contributed by atoms with E-state index in [0.717, 1.165) is 31.2 Å². The first kappa shape index (κ1) is 18.8. The molecular weight excluding hydrogens is 336 g/mol. The summed E-state index contributed by atoms with van der Waals surface area (Å²) in [6.45, 7) is 5.11. The average molecular weight is 364 g/mol. The largest absolute Gasteiger partial charge is 0.357 e. The second kappa shape index (κ2) is 9.07. The third kappa shape index (κ3) is 5.23. The van der Waals surface area contributed by atoms with Crippen molar-refractivity contribution < 1.29 is 0 Å². The van der Waals surface area contributed by atoms with Crippen molar-refractivity contribution in [3.63, 3.8) is 0 Å². The molecule has 1 N–H and O–H groups in total. The van der Waals surface area contributed by atoms with Crippen LogP contribution in [0.25, 0.3) is 0 Å². The summed E-state index contributed by atoms with van der Waals surface area (Å²) in [5.74, 6) is 0.898. The van der Waals surface area contributed by atoms with Crippen molar-refractivity contribution in [1.82, 2.24) is 24.6 Å². The van der Waals surface area contributed by atoms with Crippen molar-refractivity contribution in [3.05, 3.63) is 77.9 Å². The zero-order chi connectivity index (χ0) is 19.1. The lowest BCUT2D eigenvalue weighted by molar-refractivity contribution is 0.462. The van der Waals surface area contributed by atoms with E-state index in [1.807, 2.05) is 16.9 Å². The van der Waals surface area contributed by atoms with Gasteiger partial charge in [0.1, 0.15) is 0 Å². The zero-order valence-corrected chi connectivity index (χ0v) is 16.3. The van der Waals surface area contributed by atoms with E-state index in [0.29, 0.717) is 6.54 Å². The van der Waals surface area contributed by atoms with Gasteiger partial charge in [0.25, 0.3) is 0 Å². The number of aliphatic imine (C=N–C) groups is 1. The minimum absolute atomic E-state index is 0.606. The molecule has 0 atom stereocenters. The second-order valence-corrected chi connectivity index (χ2v) is 6.67.